The Hall–Kier alpha value is -1.14. The minimum absolute atomic E-state index is 0.0527. The minimum Gasteiger partial charge on any atom is -0.383 e. The molecule has 5 nitrogen and oxygen atoms in total. The van der Waals surface area contributed by atoms with Gasteiger partial charge in [0, 0.05) is 19.7 Å². The maximum absolute atomic E-state index is 11.6. The Morgan fingerprint density at radius 1 is 1.62 bits per heavy atom. The molecule has 1 rings (SSSR count). The van der Waals surface area contributed by atoms with Crippen LogP contribution in [0.25, 0.3) is 0 Å². The predicted molar refractivity (Wildman–Crippen MR) is 64.0 cm³/mol. The lowest BCUT2D eigenvalue weighted by molar-refractivity contribution is 0.0945. The van der Waals surface area contributed by atoms with Gasteiger partial charge in [0.1, 0.15) is 5.69 Å². The maximum atomic E-state index is 11.6. The molecular weight excluding hydrogens is 276 g/mol. The van der Waals surface area contributed by atoms with Crippen LogP contribution >= 0.6 is 15.9 Å². The third-order valence-electron chi connectivity index (χ3n) is 1.84. The zero-order valence-electron chi connectivity index (χ0n) is 8.83. The topological polar surface area (TPSA) is 71.2 Å². The van der Waals surface area contributed by atoms with Gasteiger partial charge in [0.05, 0.1) is 11.4 Å². The van der Waals surface area contributed by atoms with Crippen LogP contribution in [-0.2, 0) is 4.74 Å². The normalized spacial score (nSPS) is 12.1. The molecule has 1 amide bonds. The first kappa shape index (κ1) is 12.9. The molecule has 0 aromatic carbocycles. The van der Waals surface area contributed by atoms with E-state index in [1.54, 1.807) is 13.2 Å². The van der Waals surface area contributed by atoms with E-state index in [4.69, 9.17) is 4.74 Å². The number of nitrogens with one attached hydrogen (secondary N) is 2. The van der Waals surface area contributed by atoms with Gasteiger partial charge in [-0.2, -0.15) is 0 Å². The molecule has 2 N–H and O–H groups in total. The fourth-order valence-electron chi connectivity index (χ4n) is 1.12. The molecule has 0 radical (unpaired) electrons. The molecular formula is C10H13BrN2O3. The Labute approximate surface area is 101 Å². The largest absolute Gasteiger partial charge is 0.383 e. The molecule has 1 aromatic heterocycles. The van der Waals surface area contributed by atoms with Crippen LogP contribution in [0, 0.1) is 0 Å². The highest BCUT2D eigenvalue weighted by Crippen LogP contribution is 1.98. The number of alkyl halides is 1. The Balaban J connectivity index is 2.50. The Morgan fingerprint density at radius 2 is 2.38 bits per heavy atom. The molecule has 0 aliphatic heterocycles. The van der Waals surface area contributed by atoms with Crippen molar-refractivity contribution in [1.29, 1.82) is 0 Å². The van der Waals surface area contributed by atoms with E-state index in [0.717, 1.165) is 0 Å². The van der Waals surface area contributed by atoms with Gasteiger partial charge in [-0.25, -0.2) is 0 Å². The van der Waals surface area contributed by atoms with Crippen molar-refractivity contribution in [3.05, 3.63) is 34.2 Å². The summed E-state index contributed by atoms with van der Waals surface area (Å²) in [4.78, 5) is 25.0. The van der Waals surface area contributed by atoms with Gasteiger partial charge in [0.25, 0.3) is 5.91 Å². The first-order valence-electron chi connectivity index (χ1n) is 4.74. The second-order valence-electron chi connectivity index (χ2n) is 3.19. The monoisotopic (exact) mass is 288 g/mol. The van der Waals surface area contributed by atoms with Gasteiger partial charge in [0.2, 0.25) is 5.56 Å². The van der Waals surface area contributed by atoms with Crippen LogP contribution in [0.1, 0.15) is 10.5 Å². The third kappa shape index (κ3) is 4.16. The SMILES string of the molecule is COCC(Br)CNC(=O)c1cccc(=O)[nH]1. The molecule has 1 heterocycles. The highest BCUT2D eigenvalue weighted by molar-refractivity contribution is 9.09. The van der Waals surface area contributed by atoms with E-state index in [9.17, 15) is 9.59 Å². The van der Waals surface area contributed by atoms with Gasteiger partial charge < -0.3 is 15.0 Å². The smallest absolute Gasteiger partial charge is 0.267 e. The molecule has 0 fully saturated rings. The van der Waals surface area contributed by atoms with Gasteiger partial charge >= 0.3 is 0 Å². The summed E-state index contributed by atoms with van der Waals surface area (Å²) in [7, 11) is 1.59. The molecule has 0 spiro atoms. The number of rotatable bonds is 5. The number of methoxy groups -OCH3 is 1. The van der Waals surface area contributed by atoms with Crippen molar-refractivity contribution < 1.29 is 9.53 Å². The first-order valence-corrected chi connectivity index (χ1v) is 5.65. The molecule has 0 aliphatic carbocycles. The Kier molecular flexibility index (Phi) is 5.21. The number of aromatic amines is 1. The van der Waals surface area contributed by atoms with Crippen LogP contribution in [0.3, 0.4) is 0 Å². The fourth-order valence-corrected chi connectivity index (χ4v) is 1.54. The van der Waals surface area contributed by atoms with E-state index >= 15 is 0 Å². The van der Waals surface area contributed by atoms with E-state index in [1.165, 1.54) is 12.1 Å². The van der Waals surface area contributed by atoms with Crippen molar-refractivity contribution in [3.63, 3.8) is 0 Å². The summed E-state index contributed by atoms with van der Waals surface area (Å²) < 4.78 is 4.90. The highest BCUT2D eigenvalue weighted by atomic mass is 79.9. The average Bonchev–Trinajstić information content (AvgIpc) is 2.26. The lowest BCUT2D eigenvalue weighted by atomic mass is 10.3. The summed E-state index contributed by atoms with van der Waals surface area (Å²) in [5, 5.41) is 2.67. The Morgan fingerprint density at radius 3 is 3.00 bits per heavy atom. The number of amides is 1. The van der Waals surface area contributed by atoms with Crippen LogP contribution in [0.5, 0.6) is 0 Å². The van der Waals surface area contributed by atoms with Gasteiger partial charge in [-0.1, -0.05) is 22.0 Å². The molecule has 16 heavy (non-hydrogen) atoms. The number of H-pyrrole nitrogens is 1. The second-order valence-corrected chi connectivity index (χ2v) is 4.49. The summed E-state index contributed by atoms with van der Waals surface area (Å²) in [5.41, 5.74) is -0.0375. The first-order chi connectivity index (χ1) is 7.63. The average molecular weight is 289 g/mol. The lowest BCUT2D eigenvalue weighted by Crippen LogP contribution is -2.32. The number of carbonyl (C=O) groups is 1. The van der Waals surface area contributed by atoms with Crippen molar-refractivity contribution in [1.82, 2.24) is 10.3 Å². The van der Waals surface area contributed by atoms with Crippen molar-refractivity contribution >= 4 is 21.8 Å². The van der Waals surface area contributed by atoms with Gasteiger partial charge in [-0.05, 0) is 6.07 Å². The van der Waals surface area contributed by atoms with E-state index in [0.29, 0.717) is 13.2 Å². The number of carbonyl (C=O) groups excluding carboxylic acids is 1. The summed E-state index contributed by atoms with van der Waals surface area (Å²) in [6.45, 7) is 0.940. The van der Waals surface area contributed by atoms with Crippen LogP contribution in [0.2, 0.25) is 0 Å². The fraction of sp³-hybridized carbons (Fsp3) is 0.400. The van der Waals surface area contributed by atoms with Crippen molar-refractivity contribution in [2.75, 3.05) is 20.3 Å². The molecule has 0 saturated heterocycles. The van der Waals surface area contributed by atoms with E-state index in [1.807, 2.05) is 0 Å². The summed E-state index contributed by atoms with van der Waals surface area (Å²) in [6.07, 6.45) is 0. The van der Waals surface area contributed by atoms with Crippen LogP contribution in [0.15, 0.2) is 23.0 Å². The highest BCUT2D eigenvalue weighted by Gasteiger charge is 2.08. The third-order valence-corrected chi connectivity index (χ3v) is 2.43. The van der Waals surface area contributed by atoms with E-state index in [-0.39, 0.29) is 22.0 Å². The summed E-state index contributed by atoms with van der Waals surface area (Å²) in [6, 6.07) is 4.44. The molecule has 0 bridgehead atoms. The van der Waals surface area contributed by atoms with Crippen molar-refractivity contribution in [2.24, 2.45) is 0 Å². The van der Waals surface area contributed by atoms with Crippen LogP contribution < -0.4 is 10.9 Å². The van der Waals surface area contributed by atoms with Gasteiger partial charge in [0.15, 0.2) is 0 Å². The standard InChI is InChI=1S/C10H13BrN2O3/c1-16-6-7(11)5-12-10(15)8-3-2-4-9(14)13-8/h2-4,7H,5-6H2,1H3,(H,12,15)(H,13,14). The lowest BCUT2D eigenvalue weighted by Gasteiger charge is -2.09. The predicted octanol–water partition coefficient (Wildman–Crippen LogP) is 0.515. The van der Waals surface area contributed by atoms with Gasteiger partial charge in [-0.15, -0.1) is 0 Å². The number of aromatic nitrogens is 1. The van der Waals surface area contributed by atoms with Gasteiger partial charge in [-0.3, -0.25) is 9.59 Å². The minimum atomic E-state index is -0.307. The van der Waals surface area contributed by atoms with Crippen LogP contribution in [0.4, 0.5) is 0 Å². The summed E-state index contributed by atoms with van der Waals surface area (Å²) in [5.74, 6) is -0.307. The molecule has 6 heteroatoms. The van der Waals surface area contributed by atoms with E-state index in [2.05, 4.69) is 26.2 Å². The van der Waals surface area contributed by atoms with Crippen molar-refractivity contribution in [3.8, 4) is 0 Å². The quantitative estimate of drug-likeness (QED) is 0.776. The number of halogens is 1. The molecule has 0 aliphatic rings. The molecule has 88 valence electrons. The molecule has 1 aromatic rings. The summed E-state index contributed by atoms with van der Waals surface area (Å²) >= 11 is 3.34. The maximum Gasteiger partial charge on any atom is 0.267 e. The Bertz CT molecular complexity index is 405. The zero-order valence-corrected chi connectivity index (χ0v) is 10.4. The van der Waals surface area contributed by atoms with Crippen LogP contribution in [-0.4, -0.2) is 36.0 Å². The molecule has 1 atom stereocenters. The second kappa shape index (κ2) is 6.44. The van der Waals surface area contributed by atoms with Crippen molar-refractivity contribution in [2.45, 2.75) is 4.83 Å². The zero-order chi connectivity index (χ0) is 12.0. The molecule has 0 saturated carbocycles. The number of hydrogen-bond acceptors (Lipinski definition) is 3. The number of hydrogen-bond donors (Lipinski definition) is 2. The number of pyridine rings is 1. The molecule has 1 unspecified atom stereocenters. The van der Waals surface area contributed by atoms with E-state index < -0.39 is 0 Å². The number of ether oxygens (including phenoxy) is 1.